The van der Waals surface area contributed by atoms with E-state index in [0.29, 0.717) is 17.3 Å². The summed E-state index contributed by atoms with van der Waals surface area (Å²) in [6.45, 7) is 5.58. The van der Waals surface area contributed by atoms with Gasteiger partial charge in [-0.25, -0.2) is 4.90 Å². The van der Waals surface area contributed by atoms with Crippen LogP contribution in [0.25, 0.3) is 0 Å². The number of rotatable bonds is 2. The summed E-state index contributed by atoms with van der Waals surface area (Å²) in [5.74, 6) is -0.228. The first-order chi connectivity index (χ1) is 10.5. The lowest BCUT2D eigenvalue weighted by molar-refractivity contribution is -0.121. The van der Waals surface area contributed by atoms with Crippen molar-refractivity contribution in [2.24, 2.45) is 5.92 Å². The summed E-state index contributed by atoms with van der Waals surface area (Å²) in [4.78, 5) is 28.5. The van der Waals surface area contributed by atoms with Gasteiger partial charge >= 0.3 is 0 Å². The second-order valence-corrected chi connectivity index (χ2v) is 6.47. The second-order valence-electron chi connectivity index (χ2n) is 6.09. The Kier molecular flexibility index (Phi) is 3.96. The van der Waals surface area contributed by atoms with Crippen molar-refractivity contribution >= 4 is 29.1 Å². The Balaban J connectivity index is 1.95. The van der Waals surface area contributed by atoms with Gasteiger partial charge in [-0.1, -0.05) is 36.7 Å². The fourth-order valence-electron chi connectivity index (χ4n) is 3.19. The lowest BCUT2D eigenvalue weighted by atomic mass is 10.00. The Hall–Kier alpha value is -1.81. The van der Waals surface area contributed by atoms with Gasteiger partial charge in [0.1, 0.15) is 10.7 Å². The third-order valence-corrected chi connectivity index (χ3v) is 4.67. The standard InChI is InChI=1S/C17H19ClN2O2/c1-11-6-5-9-19(10-11)15-14(18)16(21)20(17(15)22)13-8-4-3-7-12(13)2/h3-4,7-8,11H,5-6,9-10H2,1-2H3/t11-/m1/s1. The first-order valence-electron chi connectivity index (χ1n) is 7.60. The van der Waals surface area contributed by atoms with E-state index >= 15 is 0 Å². The molecule has 2 aliphatic heterocycles. The van der Waals surface area contributed by atoms with Crippen LogP contribution in [-0.4, -0.2) is 29.8 Å². The van der Waals surface area contributed by atoms with Crippen LogP contribution in [0.2, 0.25) is 0 Å². The molecular formula is C17H19ClN2O2. The largest absolute Gasteiger partial charge is 0.365 e. The minimum absolute atomic E-state index is 0.0438. The van der Waals surface area contributed by atoms with Crippen LogP contribution in [0.5, 0.6) is 0 Å². The van der Waals surface area contributed by atoms with E-state index in [2.05, 4.69) is 6.92 Å². The molecule has 1 aromatic carbocycles. The maximum Gasteiger partial charge on any atom is 0.283 e. The highest BCUT2D eigenvalue weighted by atomic mass is 35.5. The van der Waals surface area contributed by atoms with Crippen molar-refractivity contribution < 1.29 is 9.59 Å². The number of carbonyl (C=O) groups excluding carboxylic acids is 2. The number of anilines is 1. The molecule has 22 heavy (non-hydrogen) atoms. The number of para-hydroxylation sites is 1. The van der Waals surface area contributed by atoms with Gasteiger partial charge < -0.3 is 4.90 Å². The van der Waals surface area contributed by atoms with Gasteiger partial charge in [-0.05, 0) is 37.3 Å². The molecule has 0 bridgehead atoms. The number of aryl methyl sites for hydroxylation is 1. The highest BCUT2D eigenvalue weighted by Gasteiger charge is 2.42. The van der Waals surface area contributed by atoms with Crippen molar-refractivity contribution in [1.29, 1.82) is 0 Å². The maximum atomic E-state index is 12.8. The predicted octanol–water partition coefficient (Wildman–Crippen LogP) is 3.05. The first kappa shape index (κ1) is 15.1. The summed E-state index contributed by atoms with van der Waals surface area (Å²) >= 11 is 6.23. The van der Waals surface area contributed by atoms with Gasteiger partial charge in [0.25, 0.3) is 11.8 Å². The number of benzene rings is 1. The number of amides is 2. The third-order valence-electron chi connectivity index (χ3n) is 4.33. The third kappa shape index (κ3) is 2.41. The van der Waals surface area contributed by atoms with Crippen LogP contribution in [-0.2, 0) is 9.59 Å². The smallest absolute Gasteiger partial charge is 0.283 e. The molecule has 0 aliphatic carbocycles. The van der Waals surface area contributed by atoms with Crippen LogP contribution in [0.4, 0.5) is 5.69 Å². The number of hydrogen-bond donors (Lipinski definition) is 0. The van der Waals surface area contributed by atoms with Crippen molar-refractivity contribution in [3.05, 3.63) is 40.6 Å². The Morgan fingerprint density at radius 1 is 1.18 bits per heavy atom. The number of piperidine rings is 1. The van der Waals surface area contributed by atoms with Gasteiger partial charge in [0, 0.05) is 13.1 Å². The van der Waals surface area contributed by atoms with Crippen molar-refractivity contribution in [3.63, 3.8) is 0 Å². The number of nitrogens with zero attached hydrogens (tertiary/aromatic N) is 2. The molecule has 2 aliphatic rings. The summed E-state index contributed by atoms with van der Waals surface area (Å²) in [7, 11) is 0. The molecule has 4 nitrogen and oxygen atoms in total. The molecule has 3 rings (SSSR count). The molecule has 2 amide bonds. The van der Waals surface area contributed by atoms with E-state index < -0.39 is 5.91 Å². The quantitative estimate of drug-likeness (QED) is 0.787. The molecule has 0 aromatic heterocycles. The number of likely N-dealkylation sites (tertiary alicyclic amines) is 1. The minimum Gasteiger partial charge on any atom is -0.365 e. The van der Waals surface area contributed by atoms with Crippen molar-refractivity contribution in [3.8, 4) is 0 Å². The Labute approximate surface area is 135 Å². The van der Waals surface area contributed by atoms with Crippen LogP contribution < -0.4 is 4.90 Å². The molecule has 2 heterocycles. The van der Waals surface area contributed by atoms with Gasteiger partial charge in [-0.2, -0.15) is 0 Å². The normalized spacial score (nSPS) is 22.8. The van der Waals surface area contributed by atoms with Crippen LogP contribution in [0.1, 0.15) is 25.3 Å². The molecule has 5 heteroatoms. The van der Waals surface area contributed by atoms with Crippen LogP contribution in [0.3, 0.4) is 0 Å². The number of hydrogen-bond acceptors (Lipinski definition) is 3. The number of imide groups is 1. The molecule has 1 fully saturated rings. The maximum absolute atomic E-state index is 12.8. The number of carbonyl (C=O) groups is 2. The van der Waals surface area contributed by atoms with Gasteiger partial charge in [0.15, 0.2) is 0 Å². The van der Waals surface area contributed by atoms with Crippen molar-refractivity contribution in [1.82, 2.24) is 4.90 Å². The highest BCUT2D eigenvalue weighted by molar-refractivity contribution is 6.52. The topological polar surface area (TPSA) is 40.6 Å². The van der Waals surface area contributed by atoms with E-state index in [4.69, 9.17) is 11.6 Å². The number of halogens is 1. The Morgan fingerprint density at radius 2 is 1.91 bits per heavy atom. The molecule has 1 aromatic rings. The predicted molar refractivity (Wildman–Crippen MR) is 86.5 cm³/mol. The molecule has 1 atom stereocenters. The lowest BCUT2D eigenvalue weighted by Crippen LogP contribution is -2.39. The van der Waals surface area contributed by atoms with Crippen molar-refractivity contribution in [2.45, 2.75) is 26.7 Å². The average molecular weight is 319 g/mol. The summed E-state index contributed by atoms with van der Waals surface area (Å²) in [6, 6.07) is 7.35. The molecular weight excluding hydrogens is 300 g/mol. The van der Waals surface area contributed by atoms with E-state index in [-0.39, 0.29) is 10.9 Å². The van der Waals surface area contributed by atoms with Gasteiger partial charge in [-0.3, -0.25) is 9.59 Å². The summed E-state index contributed by atoms with van der Waals surface area (Å²) < 4.78 is 0. The second kappa shape index (κ2) is 5.76. The minimum atomic E-state index is -0.422. The lowest BCUT2D eigenvalue weighted by Gasteiger charge is -2.33. The average Bonchev–Trinajstić information content (AvgIpc) is 2.70. The Morgan fingerprint density at radius 3 is 2.59 bits per heavy atom. The van der Waals surface area contributed by atoms with E-state index in [0.717, 1.165) is 31.5 Å². The van der Waals surface area contributed by atoms with Crippen LogP contribution in [0.15, 0.2) is 35.0 Å². The Bertz CT molecular complexity index is 668. The van der Waals surface area contributed by atoms with Gasteiger partial charge in [-0.15, -0.1) is 0 Å². The zero-order valence-corrected chi connectivity index (χ0v) is 13.6. The summed E-state index contributed by atoms with van der Waals surface area (Å²) in [5.41, 5.74) is 1.85. The van der Waals surface area contributed by atoms with E-state index in [9.17, 15) is 9.59 Å². The van der Waals surface area contributed by atoms with Gasteiger partial charge in [0.2, 0.25) is 0 Å². The van der Waals surface area contributed by atoms with Gasteiger partial charge in [0.05, 0.1) is 5.69 Å². The van der Waals surface area contributed by atoms with Crippen molar-refractivity contribution in [2.75, 3.05) is 18.0 Å². The molecule has 0 spiro atoms. The molecule has 0 saturated carbocycles. The zero-order valence-electron chi connectivity index (χ0n) is 12.8. The SMILES string of the molecule is Cc1ccccc1N1C(=O)C(Cl)=C(N2CCC[C@@H](C)C2)C1=O. The van der Waals surface area contributed by atoms with Crippen LogP contribution in [0, 0.1) is 12.8 Å². The fourth-order valence-corrected chi connectivity index (χ4v) is 3.48. The highest BCUT2D eigenvalue weighted by Crippen LogP contribution is 2.34. The zero-order chi connectivity index (χ0) is 15.9. The van der Waals surface area contributed by atoms with E-state index in [1.54, 1.807) is 6.07 Å². The molecule has 0 unspecified atom stereocenters. The molecule has 1 saturated heterocycles. The molecule has 116 valence electrons. The monoisotopic (exact) mass is 318 g/mol. The summed E-state index contributed by atoms with van der Waals surface area (Å²) in [5, 5.41) is 0.0438. The first-order valence-corrected chi connectivity index (χ1v) is 7.97. The molecule has 0 N–H and O–H groups in total. The fraction of sp³-hybridized carbons (Fsp3) is 0.412. The van der Waals surface area contributed by atoms with Crippen LogP contribution >= 0.6 is 11.6 Å². The summed E-state index contributed by atoms with van der Waals surface area (Å²) in [6.07, 6.45) is 2.16. The molecule has 0 radical (unpaired) electrons. The van der Waals surface area contributed by atoms with E-state index in [1.807, 2.05) is 30.0 Å². The van der Waals surface area contributed by atoms with E-state index in [1.165, 1.54) is 4.90 Å².